The molecular weight excluding hydrogens is 604 g/mol. The van der Waals surface area contributed by atoms with E-state index in [9.17, 15) is 9.59 Å². The summed E-state index contributed by atoms with van der Waals surface area (Å²) in [6.45, 7) is 4.83. The van der Waals surface area contributed by atoms with Crippen LogP contribution in [0, 0.1) is 12.8 Å². The number of ether oxygens (including phenoxy) is 1. The van der Waals surface area contributed by atoms with E-state index in [2.05, 4.69) is 22.0 Å². The van der Waals surface area contributed by atoms with E-state index in [-0.39, 0.29) is 36.1 Å². The summed E-state index contributed by atoms with van der Waals surface area (Å²) in [5, 5.41) is 4.11. The number of nitrogens with zero attached hydrogens (tertiary/aromatic N) is 6. The topological polar surface area (TPSA) is 123 Å². The number of benzene rings is 1. The van der Waals surface area contributed by atoms with E-state index in [0.29, 0.717) is 23.0 Å². The number of anilines is 1. The number of imidazole rings is 1. The fourth-order valence-electron chi connectivity index (χ4n) is 7.74. The minimum atomic E-state index is -0.307. The summed E-state index contributed by atoms with van der Waals surface area (Å²) in [5.41, 5.74) is 12.8. The zero-order valence-electron chi connectivity index (χ0n) is 27.9. The second-order valence-corrected chi connectivity index (χ2v) is 13.7. The number of pyridine rings is 2. The Labute approximate surface area is 279 Å². The van der Waals surface area contributed by atoms with Crippen LogP contribution >= 0.6 is 0 Å². The molecule has 4 atom stereocenters. The maximum atomic E-state index is 13.8. The Kier molecular flexibility index (Phi) is 7.39. The zero-order chi connectivity index (χ0) is 33.3. The fourth-order valence-corrected chi connectivity index (χ4v) is 7.74. The highest BCUT2D eigenvalue weighted by Gasteiger charge is 2.47. The first kappa shape index (κ1) is 30.4. The Bertz CT molecular complexity index is 2050. The lowest BCUT2D eigenvalue weighted by Crippen LogP contribution is -2.40. The zero-order valence-corrected chi connectivity index (χ0v) is 27.9. The van der Waals surface area contributed by atoms with Crippen molar-refractivity contribution in [3.63, 3.8) is 0 Å². The number of nitrogens with two attached hydrogens (primary N) is 1. The van der Waals surface area contributed by atoms with Gasteiger partial charge >= 0.3 is 6.03 Å². The monoisotopic (exact) mass is 646 g/mol. The average Bonchev–Trinajstić information content (AvgIpc) is 3.42. The van der Waals surface area contributed by atoms with Crippen LogP contribution in [0.5, 0.6) is 5.88 Å². The number of carbonyl (C=O) groups excluding carboxylic acids is 2. The van der Waals surface area contributed by atoms with Crippen LogP contribution in [0.2, 0.25) is 0 Å². The molecule has 248 valence electrons. The molecule has 3 N–H and O–H groups in total. The SMILES string of the molecule is COc1cc(C(=O)N2[C@H]3CC[C@@H]2[C@H](N)C3)cc2nc(-c3cc4ccc([C@@H](C)NC(=O)N(C)c5ccccc5)nc4n3CC3CC3)c(C)n12. The summed E-state index contributed by atoms with van der Waals surface area (Å²) < 4.78 is 10.1. The van der Waals surface area contributed by atoms with Crippen molar-refractivity contribution in [3.05, 3.63) is 77.6 Å². The van der Waals surface area contributed by atoms with Crippen LogP contribution in [0.3, 0.4) is 0 Å². The summed E-state index contributed by atoms with van der Waals surface area (Å²) >= 11 is 0. The molecule has 1 aliphatic carbocycles. The summed E-state index contributed by atoms with van der Waals surface area (Å²) in [7, 11) is 3.39. The lowest BCUT2D eigenvalue weighted by Gasteiger charge is -2.23. The van der Waals surface area contributed by atoms with E-state index >= 15 is 0 Å². The molecule has 2 saturated heterocycles. The first-order valence-electron chi connectivity index (χ1n) is 17.0. The van der Waals surface area contributed by atoms with Crippen LogP contribution in [0.25, 0.3) is 28.1 Å². The first-order valence-corrected chi connectivity index (χ1v) is 17.0. The van der Waals surface area contributed by atoms with E-state index in [1.54, 1.807) is 19.1 Å². The van der Waals surface area contributed by atoms with Crippen molar-refractivity contribution >= 4 is 34.3 Å². The molecule has 0 unspecified atom stereocenters. The highest BCUT2D eigenvalue weighted by Crippen LogP contribution is 2.40. The van der Waals surface area contributed by atoms with Crippen molar-refractivity contribution in [2.24, 2.45) is 11.7 Å². The Balaban J connectivity index is 1.15. The van der Waals surface area contributed by atoms with Crippen molar-refractivity contribution in [1.82, 2.24) is 29.2 Å². The smallest absolute Gasteiger partial charge is 0.322 e. The maximum Gasteiger partial charge on any atom is 0.322 e. The molecule has 4 aromatic heterocycles. The Morgan fingerprint density at radius 2 is 1.85 bits per heavy atom. The molecular formula is C37H42N8O3. The molecule has 3 fully saturated rings. The van der Waals surface area contributed by atoms with Crippen LogP contribution in [0.4, 0.5) is 10.5 Å². The van der Waals surface area contributed by atoms with Gasteiger partial charge in [-0.1, -0.05) is 18.2 Å². The third-order valence-corrected chi connectivity index (χ3v) is 10.6. The van der Waals surface area contributed by atoms with Gasteiger partial charge in [0.25, 0.3) is 5.91 Å². The number of nitrogens with one attached hydrogen (secondary N) is 1. The van der Waals surface area contributed by atoms with Gasteiger partial charge in [0.05, 0.1) is 30.2 Å². The number of fused-ring (bicyclic) bond motifs is 4. The van der Waals surface area contributed by atoms with E-state index in [0.717, 1.165) is 65.3 Å². The number of rotatable bonds is 8. The molecule has 0 radical (unpaired) electrons. The molecule has 6 heterocycles. The van der Waals surface area contributed by atoms with Gasteiger partial charge in [0.15, 0.2) is 5.88 Å². The summed E-state index contributed by atoms with van der Waals surface area (Å²) in [6.07, 6.45) is 5.19. The maximum absolute atomic E-state index is 13.8. The molecule has 8 rings (SSSR count). The molecule has 1 saturated carbocycles. The number of methoxy groups -OCH3 is 1. The normalized spacial score (nSPS) is 20.9. The molecule has 2 bridgehead atoms. The highest BCUT2D eigenvalue weighted by atomic mass is 16.5. The van der Waals surface area contributed by atoms with Gasteiger partial charge in [0, 0.05) is 54.4 Å². The van der Waals surface area contributed by atoms with Gasteiger partial charge in [-0.15, -0.1) is 0 Å². The van der Waals surface area contributed by atoms with Crippen molar-refractivity contribution < 1.29 is 14.3 Å². The van der Waals surface area contributed by atoms with Gasteiger partial charge in [-0.2, -0.15) is 0 Å². The average molecular weight is 647 g/mol. The Morgan fingerprint density at radius 3 is 2.54 bits per heavy atom. The molecule has 11 heteroatoms. The molecule has 3 aliphatic rings. The molecule has 1 aromatic carbocycles. The predicted molar refractivity (Wildman–Crippen MR) is 185 cm³/mol. The van der Waals surface area contributed by atoms with E-state index in [4.69, 9.17) is 20.4 Å². The number of aryl methyl sites for hydroxylation is 1. The second kappa shape index (κ2) is 11.7. The number of urea groups is 1. The molecule has 0 spiro atoms. The quantitative estimate of drug-likeness (QED) is 0.223. The highest BCUT2D eigenvalue weighted by molar-refractivity contribution is 5.97. The second-order valence-electron chi connectivity index (χ2n) is 13.7. The van der Waals surface area contributed by atoms with E-state index in [1.165, 1.54) is 12.8 Å². The van der Waals surface area contributed by atoms with Crippen LogP contribution in [0.1, 0.15) is 66.8 Å². The van der Waals surface area contributed by atoms with Gasteiger partial charge in [0.1, 0.15) is 17.0 Å². The van der Waals surface area contributed by atoms with Crippen molar-refractivity contribution in [2.45, 2.75) is 76.7 Å². The number of hydrogen-bond donors (Lipinski definition) is 2. The number of carbonyl (C=O) groups is 2. The standard InChI is InChI=1S/C37H42N8O3/c1-21(39-37(47)42(3)26-8-6-5-7-9-26)29-14-12-24-16-31(43(35(24)40-29)20-23-10-11-23)34-22(2)44-32(41-34)17-25(18-33(44)48-4)36(46)45-27-13-15-30(45)28(38)19-27/h5-9,12,14,16-18,21,23,27-28,30H,10-11,13,15,19-20,38H2,1-4H3,(H,39,47)/t21-,27+,28-,30-/m1/s1. The van der Waals surface area contributed by atoms with Crippen molar-refractivity contribution in [1.29, 1.82) is 0 Å². The summed E-state index contributed by atoms with van der Waals surface area (Å²) in [6, 6.07) is 19.3. The minimum absolute atomic E-state index is 0.00537. The van der Waals surface area contributed by atoms with Crippen LogP contribution in [0.15, 0.2) is 60.7 Å². The third-order valence-electron chi connectivity index (χ3n) is 10.6. The molecule has 3 amide bonds. The molecule has 11 nitrogen and oxygen atoms in total. The number of amides is 3. The van der Waals surface area contributed by atoms with Crippen LogP contribution in [-0.2, 0) is 6.54 Å². The van der Waals surface area contributed by atoms with Crippen molar-refractivity contribution in [3.8, 4) is 17.3 Å². The Hall–Kier alpha value is -4.90. The lowest BCUT2D eigenvalue weighted by molar-refractivity contribution is 0.0726. The number of para-hydroxylation sites is 1. The lowest BCUT2D eigenvalue weighted by atomic mass is 9.97. The van der Waals surface area contributed by atoms with Gasteiger partial charge in [0.2, 0.25) is 0 Å². The molecule has 2 aliphatic heterocycles. The fraction of sp³-hybridized carbons (Fsp3) is 0.405. The summed E-state index contributed by atoms with van der Waals surface area (Å²) in [4.78, 5) is 40.8. The molecule has 48 heavy (non-hydrogen) atoms. The van der Waals surface area contributed by atoms with Crippen molar-refractivity contribution in [2.75, 3.05) is 19.1 Å². The summed E-state index contributed by atoms with van der Waals surface area (Å²) in [5.74, 6) is 1.15. The minimum Gasteiger partial charge on any atom is -0.482 e. The van der Waals surface area contributed by atoms with Crippen LogP contribution < -0.4 is 20.7 Å². The van der Waals surface area contributed by atoms with E-state index < -0.39 is 0 Å². The van der Waals surface area contributed by atoms with Gasteiger partial charge in [-0.25, -0.2) is 14.8 Å². The van der Waals surface area contributed by atoms with Gasteiger partial charge in [-0.3, -0.25) is 14.1 Å². The Morgan fingerprint density at radius 1 is 1.06 bits per heavy atom. The first-order chi connectivity index (χ1) is 23.2. The van der Waals surface area contributed by atoms with Crippen LogP contribution in [-0.4, -0.2) is 68.1 Å². The predicted octanol–water partition coefficient (Wildman–Crippen LogP) is 5.69. The van der Waals surface area contributed by atoms with E-state index in [1.807, 2.05) is 71.7 Å². The number of hydrogen-bond acceptors (Lipinski definition) is 6. The van der Waals surface area contributed by atoms with Gasteiger partial charge < -0.3 is 25.3 Å². The largest absolute Gasteiger partial charge is 0.482 e. The third kappa shape index (κ3) is 5.08. The molecule has 5 aromatic rings. The van der Waals surface area contributed by atoms with Gasteiger partial charge in [-0.05, 0) is 88.3 Å². The number of aromatic nitrogens is 4.